The van der Waals surface area contributed by atoms with E-state index in [1.807, 2.05) is 0 Å². The monoisotopic (exact) mass is 256 g/mol. The number of ether oxygens (including phenoxy) is 1. The molecule has 0 bridgehead atoms. The summed E-state index contributed by atoms with van der Waals surface area (Å²) in [6, 6.07) is 0.284. The topological polar surface area (TPSA) is 118 Å². The van der Waals surface area contributed by atoms with Crippen LogP contribution in [0.25, 0.3) is 0 Å². The van der Waals surface area contributed by atoms with Crippen LogP contribution >= 0.6 is 0 Å². The number of hydrogen-bond donors (Lipinski definition) is 3. The van der Waals surface area contributed by atoms with Gasteiger partial charge in [-0.1, -0.05) is 0 Å². The number of carbonyl (C=O) groups is 2. The molecule has 0 saturated carbocycles. The molecule has 1 amide bonds. The van der Waals surface area contributed by atoms with Crippen LogP contribution in [-0.2, 0) is 9.68 Å². The molecule has 1 aromatic rings. The first kappa shape index (κ1) is 13.7. The third-order valence-electron chi connectivity index (χ3n) is 2.11. The Morgan fingerprint density at radius 2 is 2.17 bits per heavy atom. The van der Waals surface area contributed by atoms with Crippen LogP contribution in [0, 0.1) is 0 Å². The SMILES string of the molecule is COc1ccnc(C(=O)N[C@@H](C)C(=O)OO)c1O. The summed E-state index contributed by atoms with van der Waals surface area (Å²) in [4.78, 5) is 29.7. The minimum atomic E-state index is -1.09. The van der Waals surface area contributed by atoms with Crippen LogP contribution in [0.1, 0.15) is 17.4 Å². The maximum atomic E-state index is 11.7. The molecule has 1 heterocycles. The summed E-state index contributed by atoms with van der Waals surface area (Å²) in [6.07, 6.45) is 1.27. The summed E-state index contributed by atoms with van der Waals surface area (Å²) in [5.74, 6) is -2.20. The highest BCUT2D eigenvalue weighted by molar-refractivity contribution is 5.97. The van der Waals surface area contributed by atoms with Crippen LogP contribution in [0.4, 0.5) is 0 Å². The zero-order valence-corrected chi connectivity index (χ0v) is 9.71. The van der Waals surface area contributed by atoms with Crippen molar-refractivity contribution < 1.29 is 29.6 Å². The third kappa shape index (κ3) is 2.86. The van der Waals surface area contributed by atoms with Gasteiger partial charge >= 0.3 is 5.97 Å². The van der Waals surface area contributed by atoms with Crippen molar-refractivity contribution in [2.45, 2.75) is 13.0 Å². The molecule has 18 heavy (non-hydrogen) atoms. The Morgan fingerprint density at radius 1 is 1.50 bits per heavy atom. The van der Waals surface area contributed by atoms with Crippen LogP contribution in [0.3, 0.4) is 0 Å². The fourth-order valence-electron chi connectivity index (χ4n) is 1.17. The molecule has 0 aliphatic heterocycles. The molecule has 98 valence electrons. The first-order valence-corrected chi connectivity index (χ1v) is 4.89. The molecule has 8 heteroatoms. The highest BCUT2D eigenvalue weighted by Gasteiger charge is 2.22. The molecule has 1 aromatic heterocycles. The number of hydrogen-bond acceptors (Lipinski definition) is 7. The number of methoxy groups -OCH3 is 1. The predicted molar refractivity (Wildman–Crippen MR) is 58.1 cm³/mol. The molecule has 0 aliphatic carbocycles. The number of aromatic nitrogens is 1. The zero-order chi connectivity index (χ0) is 13.7. The van der Waals surface area contributed by atoms with Gasteiger partial charge in [-0.3, -0.25) is 9.68 Å². The van der Waals surface area contributed by atoms with Crippen molar-refractivity contribution in [1.29, 1.82) is 0 Å². The number of nitrogens with one attached hydrogen (secondary N) is 1. The molecule has 0 fully saturated rings. The van der Waals surface area contributed by atoms with Gasteiger partial charge in [0.15, 0.2) is 17.2 Å². The van der Waals surface area contributed by atoms with Crippen molar-refractivity contribution in [3.8, 4) is 11.5 Å². The van der Waals surface area contributed by atoms with Gasteiger partial charge in [-0.25, -0.2) is 9.78 Å². The van der Waals surface area contributed by atoms with Crippen molar-refractivity contribution in [3.63, 3.8) is 0 Å². The largest absolute Gasteiger partial charge is 0.503 e. The van der Waals surface area contributed by atoms with Gasteiger partial charge in [-0.15, -0.1) is 0 Å². The van der Waals surface area contributed by atoms with Crippen molar-refractivity contribution in [3.05, 3.63) is 18.0 Å². The highest BCUT2D eigenvalue weighted by atomic mass is 17.1. The minimum Gasteiger partial charge on any atom is -0.503 e. The molecule has 0 spiro atoms. The maximum Gasteiger partial charge on any atom is 0.363 e. The fraction of sp³-hybridized carbons (Fsp3) is 0.300. The van der Waals surface area contributed by atoms with Crippen molar-refractivity contribution >= 4 is 11.9 Å². The quantitative estimate of drug-likeness (QED) is 0.509. The molecule has 0 saturated heterocycles. The average molecular weight is 256 g/mol. The summed E-state index contributed by atoms with van der Waals surface area (Å²) >= 11 is 0. The van der Waals surface area contributed by atoms with E-state index in [-0.39, 0.29) is 11.4 Å². The summed E-state index contributed by atoms with van der Waals surface area (Å²) in [7, 11) is 1.32. The Bertz CT molecular complexity index is 462. The Balaban J connectivity index is 2.88. The molecule has 0 aliphatic rings. The van der Waals surface area contributed by atoms with E-state index in [1.54, 1.807) is 0 Å². The summed E-state index contributed by atoms with van der Waals surface area (Å²) < 4.78 is 4.81. The lowest BCUT2D eigenvalue weighted by molar-refractivity contribution is -0.235. The second-order valence-corrected chi connectivity index (χ2v) is 3.32. The number of amides is 1. The van der Waals surface area contributed by atoms with E-state index >= 15 is 0 Å². The van der Waals surface area contributed by atoms with Gasteiger partial charge in [0.1, 0.15) is 6.04 Å². The Labute approximate surface area is 102 Å². The molecule has 0 aromatic carbocycles. The molecule has 8 nitrogen and oxygen atoms in total. The van der Waals surface area contributed by atoms with E-state index < -0.39 is 23.7 Å². The van der Waals surface area contributed by atoms with Crippen LogP contribution < -0.4 is 10.1 Å². The van der Waals surface area contributed by atoms with Crippen LogP contribution in [0.5, 0.6) is 11.5 Å². The fourth-order valence-corrected chi connectivity index (χ4v) is 1.17. The lowest BCUT2D eigenvalue weighted by Gasteiger charge is -2.11. The van der Waals surface area contributed by atoms with Gasteiger partial charge in [0, 0.05) is 12.3 Å². The van der Waals surface area contributed by atoms with E-state index in [4.69, 9.17) is 9.99 Å². The van der Waals surface area contributed by atoms with Crippen molar-refractivity contribution in [2.24, 2.45) is 0 Å². The number of pyridine rings is 1. The van der Waals surface area contributed by atoms with E-state index in [1.165, 1.54) is 26.3 Å². The van der Waals surface area contributed by atoms with Crippen molar-refractivity contribution in [1.82, 2.24) is 10.3 Å². The number of aromatic hydroxyl groups is 1. The molecule has 3 N–H and O–H groups in total. The molecular formula is C10H12N2O6. The van der Waals surface area contributed by atoms with E-state index in [0.717, 1.165) is 0 Å². The molecule has 1 rings (SSSR count). The van der Waals surface area contributed by atoms with Crippen LogP contribution in [0.2, 0.25) is 0 Å². The summed E-state index contributed by atoms with van der Waals surface area (Å²) in [6.45, 7) is 1.30. The average Bonchev–Trinajstić information content (AvgIpc) is 2.37. The van der Waals surface area contributed by atoms with E-state index in [0.29, 0.717) is 0 Å². The van der Waals surface area contributed by atoms with Gasteiger partial charge in [0.25, 0.3) is 5.91 Å². The molecule has 1 atom stereocenters. The second kappa shape index (κ2) is 5.82. The summed E-state index contributed by atoms with van der Waals surface area (Å²) in [5.41, 5.74) is -0.299. The highest BCUT2D eigenvalue weighted by Crippen LogP contribution is 2.27. The molecule has 0 unspecified atom stereocenters. The molecule has 0 radical (unpaired) electrons. The first-order chi connectivity index (χ1) is 8.51. The number of nitrogens with zero attached hydrogens (tertiary/aromatic N) is 1. The van der Waals surface area contributed by atoms with Gasteiger partial charge < -0.3 is 15.2 Å². The Hall–Kier alpha value is -2.35. The van der Waals surface area contributed by atoms with Crippen molar-refractivity contribution in [2.75, 3.05) is 7.11 Å². The number of carbonyl (C=O) groups excluding carboxylic acids is 2. The smallest absolute Gasteiger partial charge is 0.363 e. The van der Waals surface area contributed by atoms with E-state index in [9.17, 15) is 14.7 Å². The maximum absolute atomic E-state index is 11.7. The molecular weight excluding hydrogens is 244 g/mol. The third-order valence-corrected chi connectivity index (χ3v) is 2.11. The van der Waals surface area contributed by atoms with Gasteiger partial charge in [0.05, 0.1) is 7.11 Å². The van der Waals surface area contributed by atoms with Crippen LogP contribution in [0.15, 0.2) is 12.3 Å². The Morgan fingerprint density at radius 3 is 2.72 bits per heavy atom. The summed E-state index contributed by atoms with van der Waals surface area (Å²) in [5, 5.41) is 20.0. The minimum absolute atomic E-state index is 0.0764. The van der Waals surface area contributed by atoms with Gasteiger partial charge in [-0.05, 0) is 6.92 Å². The zero-order valence-electron chi connectivity index (χ0n) is 9.71. The normalized spacial score (nSPS) is 11.5. The van der Waals surface area contributed by atoms with Crippen LogP contribution in [-0.4, -0.2) is 40.4 Å². The van der Waals surface area contributed by atoms with Gasteiger partial charge in [-0.2, -0.15) is 5.26 Å². The lowest BCUT2D eigenvalue weighted by atomic mass is 10.2. The van der Waals surface area contributed by atoms with Gasteiger partial charge in [0.2, 0.25) is 0 Å². The standard InChI is InChI=1S/C10H12N2O6/c1-5(10(15)18-16)12-9(14)7-8(13)6(17-2)3-4-11-7/h3-5,13,16H,1-2H3,(H,12,14)/t5-/m0/s1. The lowest BCUT2D eigenvalue weighted by Crippen LogP contribution is -2.39. The van der Waals surface area contributed by atoms with E-state index in [2.05, 4.69) is 15.2 Å². The predicted octanol–water partition coefficient (Wildman–Crippen LogP) is -0.0697. The number of rotatable bonds is 4. The Kier molecular flexibility index (Phi) is 4.44. The first-order valence-electron chi connectivity index (χ1n) is 4.89. The second-order valence-electron chi connectivity index (χ2n) is 3.32.